The van der Waals surface area contributed by atoms with E-state index >= 15 is 0 Å². The molecule has 0 radical (unpaired) electrons. The smallest absolute Gasteiger partial charge is 0.253 e. The van der Waals surface area contributed by atoms with Crippen molar-refractivity contribution in [1.29, 1.82) is 0 Å². The summed E-state index contributed by atoms with van der Waals surface area (Å²) >= 11 is 3.25. The molecule has 2 aromatic rings. The zero-order chi connectivity index (χ0) is 17.1. The Morgan fingerprint density at radius 2 is 2.08 bits per heavy atom. The van der Waals surface area contributed by atoms with Crippen LogP contribution in [0.15, 0.2) is 46.9 Å². The predicted molar refractivity (Wildman–Crippen MR) is 97.9 cm³/mol. The highest BCUT2D eigenvalue weighted by Gasteiger charge is 2.23. The molecule has 1 unspecified atom stereocenters. The maximum atomic E-state index is 14.0. The van der Waals surface area contributed by atoms with E-state index in [9.17, 15) is 9.18 Å². The van der Waals surface area contributed by atoms with E-state index in [2.05, 4.69) is 38.3 Å². The van der Waals surface area contributed by atoms with E-state index in [1.165, 1.54) is 11.8 Å². The minimum atomic E-state index is -0.764. The largest absolute Gasteiger partial charge is 0.384 e. The first-order chi connectivity index (χ1) is 11.5. The zero-order valence-corrected chi connectivity index (χ0v) is 14.7. The molecule has 1 aliphatic heterocycles. The number of nitrogens with zero attached hydrogens (tertiary/aromatic N) is 1. The molecule has 24 heavy (non-hydrogen) atoms. The van der Waals surface area contributed by atoms with E-state index in [0.717, 1.165) is 19.5 Å². The van der Waals surface area contributed by atoms with Gasteiger partial charge in [-0.05, 0) is 36.6 Å². The molecule has 1 heterocycles. The van der Waals surface area contributed by atoms with Gasteiger partial charge in [-0.2, -0.15) is 0 Å². The fraction of sp³-hybridized carbons (Fsp3) is 0.278. The Morgan fingerprint density at radius 3 is 2.79 bits per heavy atom. The Labute approximate surface area is 149 Å². The van der Waals surface area contributed by atoms with Crippen LogP contribution >= 0.6 is 15.9 Å². The van der Waals surface area contributed by atoms with Crippen molar-refractivity contribution in [2.75, 3.05) is 29.9 Å². The third-order valence-electron chi connectivity index (χ3n) is 4.29. The van der Waals surface area contributed by atoms with Gasteiger partial charge in [-0.3, -0.25) is 4.79 Å². The van der Waals surface area contributed by atoms with Crippen LogP contribution in [0.5, 0.6) is 0 Å². The third kappa shape index (κ3) is 3.70. The van der Waals surface area contributed by atoms with Gasteiger partial charge in [0.05, 0.1) is 11.3 Å². The summed E-state index contributed by atoms with van der Waals surface area (Å²) in [5, 5.41) is 3.19. The maximum absolute atomic E-state index is 14.0. The van der Waals surface area contributed by atoms with Crippen molar-refractivity contribution in [1.82, 2.24) is 0 Å². The highest BCUT2D eigenvalue weighted by atomic mass is 79.9. The summed E-state index contributed by atoms with van der Waals surface area (Å²) < 4.78 is 14.5. The van der Waals surface area contributed by atoms with Crippen molar-refractivity contribution < 1.29 is 9.18 Å². The lowest BCUT2D eigenvalue weighted by molar-refractivity contribution is 0.0997. The van der Waals surface area contributed by atoms with Gasteiger partial charge in [-0.25, -0.2) is 4.39 Å². The molecule has 1 fully saturated rings. The molecule has 2 aromatic carbocycles. The van der Waals surface area contributed by atoms with Crippen molar-refractivity contribution in [3.8, 4) is 0 Å². The number of para-hydroxylation sites is 1. The van der Waals surface area contributed by atoms with E-state index in [1.807, 2.05) is 18.2 Å². The SMILES string of the molecule is NC(=O)c1c(F)cc(Br)cc1NCC1CCN(c2ccccc2)C1. The number of carbonyl (C=O) groups is 1. The van der Waals surface area contributed by atoms with Crippen molar-refractivity contribution in [3.05, 3.63) is 58.3 Å². The van der Waals surface area contributed by atoms with Gasteiger partial charge in [0.15, 0.2) is 0 Å². The maximum Gasteiger partial charge on any atom is 0.253 e. The van der Waals surface area contributed by atoms with Crippen LogP contribution in [-0.4, -0.2) is 25.5 Å². The summed E-state index contributed by atoms with van der Waals surface area (Å²) in [4.78, 5) is 13.8. The highest BCUT2D eigenvalue weighted by Crippen LogP contribution is 2.27. The Kier molecular flexibility index (Phi) is 5.04. The topological polar surface area (TPSA) is 58.4 Å². The molecule has 0 saturated carbocycles. The molecule has 0 aromatic heterocycles. The average Bonchev–Trinajstić information content (AvgIpc) is 3.01. The van der Waals surface area contributed by atoms with Crippen molar-refractivity contribution in [3.63, 3.8) is 0 Å². The number of halogens is 2. The predicted octanol–water partition coefficient (Wildman–Crippen LogP) is 3.63. The summed E-state index contributed by atoms with van der Waals surface area (Å²) in [6, 6.07) is 13.2. The number of nitrogens with one attached hydrogen (secondary N) is 1. The quantitative estimate of drug-likeness (QED) is 0.817. The first-order valence-corrected chi connectivity index (χ1v) is 8.66. The van der Waals surface area contributed by atoms with E-state index < -0.39 is 11.7 Å². The summed E-state index contributed by atoms with van der Waals surface area (Å²) in [7, 11) is 0. The second kappa shape index (κ2) is 7.21. The Morgan fingerprint density at radius 1 is 1.33 bits per heavy atom. The zero-order valence-electron chi connectivity index (χ0n) is 13.1. The van der Waals surface area contributed by atoms with Gasteiger partial charge in [-0.1, -0.05) is 34.1 Å². The number of nitrogens with two attached hydrogens (primary N) is 1. The van der Waals surface area contributed by atoms with Crippen LogP contribution in [0.1, 0.15) is 16.8 Å². The minimum Gasteiger partial charge on any atom is -0.384 e. The molecule has 0 bridgehead atoms. The van der Waals surface area contributed by atoms with Crippen molar-refractivity contribution >= 4 is 33.2 Å². The van der Waals surface area contributed by atoms with E-state index in [1.54, 1.807) is 6.07 Å². The minimum absolute atomic E-state index is 0.0869. The summed E-state index contributed by atoms with van der Waals surface area (Å²) in [6.45, 7) is 2.59. The molecule has 3 N–H and O–H groups in total. The third-order valence-corrected chi connectivity index (χ3v) is 4.75. The summed E-state index contributed by atoms with van der Waals surface area (Å²) in [6.07, 6.45) is 1.05. The molecular formula is C18H19BrFN3O. The lowest BCUT2D eigenvalue weighted by atomic mass is 10.1. The van der Waals surface area contributed by atoms with Crippen molar-refractivity contribution in [2.45, 2.75) is 6.42 Å². The second-order valence-corrected chi connectivity index (χ2v) is 6.91. The fourth-order valence-corrected chi connectivity index (χ4v) is 3.52. The van der Waals surface area contributed by atoms with Gasteiger partial charge in [0.1, 0.15) is 5.82 Å². The Balaban J connectivity index is 1.66. The molecule has 3 rings (SSSR count). The van der Waals surface area contributed by atoms with Gasteiger partial charge in [0.2, 0.25) is 0 Å². The van der Waals surface area contributed by atoms with Gasteiger partial charge >= 0.3 is 0 Å². The van der Waals surface area contributed by atoms with E-state index in [-0.39, 0.29) is 5.56 Å². The van der Waals surface area contributed by atoms with E-state index in [0.29, 0.717) is 22.6 Å². The molecule has 0 spiro atoms. The van der Waals surface area contributed by atoms with Gasteiger partial charge in [0.25, 0.3) is 5.91 Å². The first-order valence-electron chi connectivity index (χ1n) is 7.87. The Hall–Kier alpha value is -2.08. The number of amides is 1. The molecule has 1 atom stereocenters. The van der Waals surface area contributed by atoms with Gasteiger partial charge < -0.3 is 16.0 Å². The summed E-state index contributed by atoms with van der Waals surface area (Å²) in [5.74, 6) is -0.954. The van der Waals surface area contributed by atoms with Crippen LogP contribution in [0.4, 0.5) is 15.8 Å². The average molecular weight is 392 g/mol. The summed E-state index contributed by atoms with van der Waals surface area (Å²) in [5.41, 5.74) is 6.87. The molecule has 1 aliphatic rings. The number of carbonyl (C=O) groups excluding carboxylic acids is 1. The van der Waals surface area contributed by atoms with Crippen LogP contribution in [-0.2, 0) is 0 Å². The van der Waals surface area contributed by atoms with Crippen LogP contribution in [0, 0.1) is 11.7 Å². The number of anilines is 2. The van der Waals surface area contributed by atoms with Gasteiger partial charge in [0, 0.05) is 29.8 Å². The molecule has 126 valence electrons. The van der Waals surface area contributed by atoms with Crippen LogP contribution in [0.3, 0.4) is 0 Å². The number of primary amides is 1. The van der Waals surface area contributed by atoms with Crippen molar-refractivity contribution in [2.24, 2.45) is 11.7 Å². The van der Waals surface area contributed by atoms with E-state index in [4.69, 9.17) is 5.73 Å². The molecule has 1 saturated heterocycles. The lowest BCUT2D eigenvalue weighted by Gasteiger charge is -2.19. The normalized spacial score (nSPS) is 17.1. The van der Waals surface area contributed by atoms with Crippen LogP contribution in [0.25, 0.3) is 0 Å². The number of rotatable bonds is 5. The number of hydrogen-bond donors (Lipinski definition) is 2. The van der Waals surface area contributed by atoms with Gasteiger partial charge in [-0.15, -0.1) is 0 Å². The second-order valence-electron chi connectivity index (χ2n) is 5.99. The molecular weight excluding hydrogens is 373 g/mol. The molecule has 6 heteroatoms. The molecule has 0 aliphatic carbocycles. The number of hydrogen-bond acceptors (Lipinski definition) is 3. The fourth-order valence-electron chi connectivity index (χ4n) is 3.09. The molecule has 1 amide bonds. The Bertz CT molecular complexity index is 739. The molecule has 4 nitrogen and oxygen atoms in total. The highest BCUT2D eigenvalue weighted by molar-refractivity contribution is 9.10. The lowest BCUT2D eigenvalue weighted by Crippen LogP contribution is -2.23. The first kappa shape index (κ1) is 16.8. The number of benzene rings is 2. The standard InChI is InChI=1S/C18H19BrFN3O/c19-13-8-15(20)17(18(21)24)16(9-13)22-10-12-6-7-23(11-12)14-4-2-1-3-5-14/h1-5,8-9,12,22H,6-7,10-11H2,(H2,21,24). The monoisotopic (exact) mass is 391 g/mol. The van der Waals surface area contributed by atoms with Crippen LogP contribution in [0.2, 0.25) is 0 Å². The van der Waals surface area contributed by atoms with Crippen LogP contribution < -0.4 is 16.0 Å².